The van der Waals surface area contributed by atoms with Gasteiger partial charge in [-0.2, -0.15) is 0 Å². The van der Waals surface area contributed by atoms with Gasteiger partial charge in [0.2, 0.25) is 0 Å². The molecule has 0 radical (unpaired) electrons. The van der Waals surface area contributed by atoms with Gasteiger partial charge in [-0.15, -0.1) is 11.3 Å². The van der Waals surface area contributed by atoms with Crippen molar-refractivity contribution in [3.63, 3.8) is 0 Å². The maximum Gasteiger partial charge on any atom is 0.0880 e. The Morgan fingerprint density at radius 1 is 1.38 bits per heavy atom. The molecule has 1 fully saturated rings. The smallest absolute Gasteiger partial charge is 0.0880 e. The van der Waals surface area contributed by atoms with Crippen molar-refractivity contribution in [2.24, 2.45) is 0 Å². The summed E-state index contributed by atoms with van der Waals surface area (Å²) >= 11 is 1.82. The zero-order chi connectivity index (χ0) is 11.4. The van der Waals surface area contributed by atoms with Crippen LogP contribution in [-0.2, 0) is 4.74 Å². The van der Waals surface area contributed by atoms with Crippen molar-refractivity contribution < 1.29 is 4.74 Å². The fraction of sp³-hybridized carbons (Fsp3) is 0.692. The van der Waals surface area contributed by atoms with E-state index in [1.165, 1.54) is 37.0 Å². The van der Waals surface area contributed by atoms with E-state index < -0.39 is 0 Å². The largest absolute Gasteiger partial charge is 0.376 e. The van der Waals surface area contributed by atoms with Gasteiger partial charge in [0.1, 0.15) is 0 Å². The van der Waals surface area contributed by atoms with E-state index in [4.69, 9.17) is 4.74 Å². The van der Waals surface area contributed by atoms with Crippen LogP contribution in [0.2, 0.25) is 0 Å². The second kappa shape index (κ2) is 5.30. The number of hydrogen-bond donors (Lipinski definition) is 1. The van der Waals surface area contributed by atoms with E-state index in [2.05, 4.69) is 22.8 Å². The van der Waals surface area contributed by atoms with Crippen molar-refractivity contribution in [1.82, 2.24) is 5.32 Å². The molecule has 1 aromatic rings. The van der Waals surface area contributed by atoms with E-state index in [1.54, 1.807) is 0 Å². The lowest BCUT2D eigenvalue weighted by atomic mass is 9.78. The van der Waals surface area contributed by atoms with Crippen LogP contribution in [0.1, 0.15) is 43.0 Å². The Hall–Kier alpha value is -0.380. The van der Waals surface area contributed by atoms with E-state index in [1.807, 2.05) is 25.5 Å². The van der Waals surface area contributed by atoms with Crippen LogP contribution in [0.25, 0.3) is 0 Å². The second-order valence-electron chi connectivity index (χ2n) is 4.57. The summed E-state index contributed by atoms with van der Waals surface area (Å²) in [5.41, 5.74) is 0.0118. The summed E-state index contributed by atoms with van der Waals surface area (Å²) in [7, 11) is 3.91. The molecule has 3 heteroatoms. The van der Waals surface area contributed by atoms with E-state index >= 15 is 0 Å². The minimum Gasteiger partial charge on any atom is -0.376 e. The van der Waals surface area contributed by atoms with E-state index in [9.17, 15) is 0 Å². The second-order valence-corrected chi connectivity index (χ2v) is 5.55. The number of ether oxygens (including phenoxy) is 1. The van der Waals surface area contributed by atoms with Gasteiger partial charge in [-0.1, -0.05) is 25.3 Å². The molecule has 1 aromatic heterocycles. The van der Waals surface area contributed by atoms with Crippen molar-refractivity contribution in [3.8, 4) is 0 Å². The maximum absolute atomic E-state index is 5.90. The Balaban J connectivity index is 2.23. The first-order valence-electron chi connectivity index (χ1n) is 6.08. The molecule has 1 unspecified atom stereocenters. The van der Waals surface area contributed by atoms with Crippen LogP contribution >= 0.6 is 11.3 Å². The van der Waals surface area contributed by atoms with Crippen LogP contribution < -0.4 is 5.32 Å². The Labute approximate surface area is 102 Å². The lowest BCUT2D eigenvalue weighted by Gasteiger charge is -2.42. The number of likely N-dealkylation sites (N-methyl/N-ethyl adjacent to an activating group) is 1. The molecule has 0 aromatic carbocycles. The molecule has 16 heavy (non-hydrogen) atoms. The minimum absolute atomic E-state index is 0.0118. The van der Waals surface area contributed by atoms with Crippen molar-refractivity contribution in [1.29, 1.82) is 0 Å². The predicted molar refractivity (Wildman–Crippen MR) is 68.9 cm³/mol. The Morgan fingerprint density at radius 3 is 2.62 bits per heavy atom. The molecule has 2 nitrogen and oxygen atoms in total. The lowest BCUT2D eigenvalue weighted by Crippen LogP contribution is -2.45. The van der Waals surface area contributed by atoms with Crippen molar-refractivity contribution >= 4 is 11.3 Å². The quantitative estimate of drug-likeness (QED) is 0.870. The fourth-order valence-corrected chi connectivity index (χ4v) is 3.82. The monoisotopic (exact) mass is 239 g/mol. The van der Waals surface area contributed by atoms with Gasteiger partial charge in [-0.05, 0) is 31.3 Å². The third kappa shape index (κ3) is 2.17. The van der Waals surface area contributed by atoms with Crippen molar-refractivity contribution in [3.05, 3.63) is 22.4 Å². The van der Waals surface area contributed by atoms with Gasteiger partial charge in [-0.25, -0.2) is 0 Å². The number of rotatable bonds is 4. The molecule has 1 saturated carbocycles. The first kappa shape index (κ1) is 12.1. The number of hydrogen-bond acceptors (Lipinski definition) is 3. The third-order valence-electron chi connectivity index (χ3n) is 3.75. The summed E-state index contributed by atoms with van der Waals surface area (Å²) in [6.07, 6.45) is 6.28. The highest BCUT2D eigenvalue weighted by Gasteiger charge is 2.40. The van der Waals surface area contributed by atoms with E-state index in [-0.39, 0.29) is 5.60 Å². The predicted octanol–water partition coefficient (Wildman–Crippen LogP) is 3.36. The molecular formula is C13H21NOS. The van der Waals surface area contributed by atoms with Crippen LogP contribution in [0, 0.1) is 0 Å². The topological polar surface area (TPSA) is 21.3 Å². The molecule has 0 aliphatic heterocycles. The molecule has 1 N–H and O–H groups in total. The van der Waals surface area contributed by atoms with Gasteiger partial charge >= 0.3 is 0 Å². The van der Waals surface area contributed by atoms with Crippen LogP contribution in [0.4, 0.5) is 0 Å². The van der Waals surface area contributed by atoms with Gasteiger partial charge < -0.3 is 10.1 Å². The molecule has 1 heterocycles. The summed E-state index contributed by atoms with van der Waals surface area (Å²) < 4.78 is 5.90. The lowest BCUT2D eigenvalue weighted by molar-refractivity contribution is -0.0663. The molecule has 0 spiro atoms. The van der Waals surface area contributed by atoms with Crippen LogP contribution in [0.3, 0.4) is 0 Å². The minimum atomic E-state index is 0.0118. The van der Waals surface area contributed by atoms with E-state index in [0.717, 1.165) is 0 Å². The first-order valence-corrected chi connectivity index (χ1v) is 6.96. The van der Waals surface area contributed by atoms with Crippen LogP contribution in [0.15, 0.2) is 17.5 Å². The highest BCUT2D eigenvalue weighted by Crippen LogP contribution is 2.42. The van der Waals surface area contributed by atoms with Gasteiger partial charge in [-0.3, -0.25) is 0 Å². The third-order valence-corrected chi connectivity index (χ3v) is 4.69. The number of nitrogens with one attached hydrogen (secondary N) is 1. The Morgan fingerprint density at radius 2 is 2.12 bits per heavy atom. The molecule has 2 rings (SSSR count). The zero-order valence-corrected chi connectivity index (χ0v) is 11.0. The normalized spacial score (nSPS) is 21.9. The molecule has 0 bridgehead atoms. The van der Waals surface area contributed by atoms with Crippen molar-refractivity contribution in [2.45, 2.75) is 43.7 Å². The van der Waals surface area contributed by atoms with Crippen LogP contribution in [-0.4, -0.2) is 19.8 Å². The summed E-state index contributed by atoms with van der Waals surface area (Å²) in [6, 6.07) is 4.68. The zero-order valence-electron chi connectivity index (χ0n) is 10.2. The number of thiophene rings is 1. The summed E-state index contributed by atoms with van der Waals surface area (Å²) in [5, 5.41) is 5.60. The molecule has 0 saturated heterocycles. The Bertz CT molecular complexity index is 304. The van der Waals surface area contributed by atoms with Gasteiger partial charge in [0.25, 0.3) is 0 Å². The standard InChI is InChI=1S/C13H21NOS/c1-14-12(11-7-6-10-16-11)13(15-2)8-4-3-5-9-13/h6-7,10,12,14H,3-5,8-9H2,1-2H3. The molecule has 0 amide bonds. The molecule has 1 atom stereocenters. The summed E-state index contributed by atoms with van der Waals surface area (Å²) in [5.74, 6) is 0. The fourth-order valence-electron chi connectivity index (χ4n) is 2.88. The molecule has 1 aliphatic rings. The highest BCUT2D eigenvalue weighted by atomic mass is 32.1. The summed E-state index contributed by atoms with van der Waals surface area (Å²) in [6.45, 7) is 0. The molecule has 1 aliphatic carbocycles. The SMILES string of the molecule is CNC(c1cccs1)C1(OC)CCCCC1. The number of methoxy groups -OCH3 is 1. The molecule has 90 valence electrons. The van der Waals surface area contributed by atoms with Crippen LogP contribution in [0.5, 0.6) is 0 Å². The Kier molecular flexibility index (Phi) is 4.00. The molecular weight excluding hydrogens is 218 g/mol. The van der Waals surface area contributed by atoms with Gasteiger partial charge in [0.15, 0.2) is 0 Å². The maximum atomic E-state index is 5.90. The average Bonchev–Trinajstić information content (AvgIpc) is 2.85. The van der Waals surface area contributed by atoms with Crippen molar-refractivity contribution in [2.75, 3.05) is 14.2 Å². The highest BCUT2D eigenvalue weighted by molar-refractivity contribution is 7.10. The van der Waals surface area contributed by atoms with Gasteiger partial charge in [0, 0.05) is 12.0 Å². The summed E-state index contributed by atoms with van der Waals surface area (Å²) in [4.78, 5) is 1.39. The average molecular weight is 239 g/mol. The van der Waals surface area contributed by atoms with E-state index in [0.29, 0.717) is 6.04 Å². The van der Waals surface area contributed by atoms with Gasteiger partial charge in [0.05, 0.1) is 11.6 Å². The first-order chi connectivity index (χ1) is 7.82.